The Balaban J connectivity index is 1.67. The molecule has 0 saturated carbocycles. The number of esters is 1. The van der Waals surface area contributed by atoms with Crippen LogP contribution in [0, 0.1) is 0 Å². The summed E-state index contributed by atoms with van der Waals surface area (Å²) in [7, 11) is 0. The molecule has 2 heterocycles. The third-order valence-electron chi connectivity index (χ3n) is 2.80. The highest BCUT2D eigenvalue weighted by Crippen LogP contribution is 2.26. The fourth-order valence-electron chi connectivity index (χ4n) is 2.07. The van der Waals surface area contributed by atoms with Crippen LogP contribution in [0.1, 0.15) is 6.42 Å². The van der Waals surface area contributed by atoms with Crippen molar-refractivity contribution in [3.05, 3.63) is 0 Å². The first-order valence-electron chi connectivity index (χ1n) is 4.92. The Morgan fingerprint density at radius 1 is 1.53 bits per heavy atom. The Hall–Kier alpha value is -1.14. The monoisotopic (exact) mass is 215 g/mol. The van der Waals surface area contributed by atoms with Crippen LogP contribution in [0.2, 0.25) is 0 Å². The number of carboxylic acid groups (broad SMARTS) is 1. The molecule has 0 amide bonds. The average Bonchev–Trinajstić information content (AvgIpc) is 2.78. The van der Waals surface area contributed by atoms with Gasteiger partial charge in [-0.25, -0.2) is 9.59 Å². The van der Waals surface area contributed by atoms with Gasteiger partial charge in [-0.2, -0.15) is 0 Å². The van der Waals surface area contributed by atoms with Gasteiger partial charge >= 0.3 is 11.9 Å². The summed E-state index contributed by atoms with van der Waals surface area (Å²) in [6.07, 6.45) is 1.34. The number of ether oxygens (including phenoxy) is 2. The molecule has 2 bridgehead atoms. The van der Waals surface area contributed by atoms with Crippen LogP contribution < -0.4 is 0 Å². The molecule has 0 aliphatic carbocycles. The highest BCUT2D eigenvalue weighted by Gasteiger charge is 2.38. The first-order valence-corrected chi connectivity index (χ1v) is 4.92. The minimum Gasteiger partial charge on any atom is -0.473 e. The average molecular weight is 215 g/mol. The molecule has 0 radical (unpaired) electrons. The van der Waals surface area contributed by atoms with E-state index in [1.54, 1.807) is 0 Å². The summed E-state index contributed by atoms with van der Waals surface area (Å²) in [6.45, 7) is 2.31. The number of carboxylic acids is 1. The molecule has 6 heteroatoms. The lowest BCUT2D eigenvalue weighted by atomic mass is 10.2. The minimum atomic E-state index is -1.54. The smallest absolute Gasteiger partial charge is 0.417 e. The molecule has 6 nitrogen and oxygen atoms in total. The lowest BCUT2D eigenvalue weighted by Gasteiger charge is -2.25. The SMILES string of the molecule is O=C(O)C(=O)OCCN1C[C@@H]2C[C@H]1CO2. The zero-order chi connectivity index (χ0) is 10.8. The highest BCUT2D eigenvalue weighted by atomic mass is 16.6. The van der Waals surface area contributed by atoms with E-state index in [-0.39, 0.29) is 6.61 Å². The maximum absolute atomic E-state index is 10.6. The van der Waals surface area contributed by atoms with Crippen molar-refractivity contribution in [2.75, 3.05) is 26.3 Å². The molecule has 2 fully saturated rings. The second-order valence-electron chi connectivity index (χ2n) is 3.78. The first-order chi connectivity index (χ1) is 7.16. The Kier molecular flexibility index (Phi) is 2.88. The van der Waals surface area contributed by atoms with Gasteiger partial charge in [-0.1, -0.05) is 0 Å². The van der Waals surface area contributed by atoms with Gasteiger partial charge in [0.1, 0.15) is 6.61 Å². The fraction of sp³-hybridized carbons (Fsp3) is 0.778. The van der Waals surface area contributed by atoms with Crippen molar-refractivity contribution in [3.8, 4) is 0 Å². The molecule has 0 aromatic carbocycles. The summed E-state index contributed by atoms with van der Waals surface area (Å²) in [5.74, 6) is -2.73. The molecule has 2 saturated heterocycles. The van der Waals surface area contributed by atoms with Crippen LogP contribution in [0.15, 0.2) is 0 Å². The van der Waals surface area contributed by atoms with Crippen LogP contribution in [0.5, 0.6) is 0 Å². The summed E-state index contributed by atoms with van der Waals surface area (Å²) in [4.78, 5) is 22.9. The maximum atomic E-state index is 10.6. The minimum absolute atomic E-state index is 0.133. The molecular formula is C9H13NO5. The van der Waals surface area contributed by atoms with Crippen LogP contribution >= 0.6 is 0 Å². The van der Waals surface area contributed by atoms with Crippen molar-refractivity contribution in [2.24, 2.45) is 0 Å². The van der Waals surface area contributed by atoms with Crippen LogP contribution in [-0.4, -0.2) is 60.4 Å². The second kappa shape index (κ2) is 4.16. The van der Waals surface area contributed by atoms with Crippen LogP contribution in [0.4, 0.5) is 0 Å². The van der Waals surface area contributed by atoms with Gasteiger partial charge in [0.15, 0.2) is 0 Å². The summed E-state index contributed by atoms with van der Waals surface area (Å²) in [5.41, 5.74) is 0. The Bertz CT molecular complexity index is 280. The number of rotatable bonds is 3. The van der Waals surface area contributed by atoms with E-state index in [1.807, 2.05) is 0 Å². The Labute approximate surface area is 86.8 Å². The third-order valence-corrected chi connectivity index (χ3v) is 2.80. The topological polar surface area (TPSA) is 76.1 Å². The van der Waals surface area contributed by atoms with E-state index in [0.717, 1.165) is 19.6 Å². The van der Waals surface area contributed by atoms with E-state index < -0.39 is 11.9 Å². The largest absolute Gasteiger partial charge is 0.473 e. The maximum Gasteiger partial charge on any atom is 0.417 e. The third kappa shape index (κ3) is 2.27. The molecule has 0 unspecified atom stereocenters. The number of fused-ring (bicyclic) bond motifs is 2. The molecule has 0 spiro atoms. The summed E-state index contributed by atoms with van der Waals surface area (Å²) in [6, 6.07) is 0.415. The van der Waals surface area contributed by atoms with E-state index in [9.17, 15) is 9.59 Å². The summed E-state index contributed by atoms with van der Waals surface area (Å²) >= 11 is 0. The first kappa shape index (κ1) is 10.4. The number of hydrogen-bond acceptors (Lipinski definition) is 5. The van der Waals surface area contributed by atoms with Gasteiger partial charge in [-0.15, -0.1) is 0 Å². The van der Waals surface area contributed by atoms with E-state index in [2.05, 4.69) is 9.64 Å². The van der Waals surface area contributed by atoms with Crippen LogP contribution in [0.25, 0.3) is 0 Å². The Morgan fingerprint density at radius 2 is 2.33 bits per heavy atom. The molecular weight excluding hydrogens is 202 g/mol. The van der Waals surface area contributed by atoms with Crippen LogP contribution in [-0.2, 0) is 19.1 Å². The quantitative estimate of drug-likeness (QED) is 0.485. The van der Waals surface area contributed by atoms with Crippen molar-refractivity contribution in [2.45, 2.75) is 18.6 Å². The van der Waals surface area contributed by atoms with Gasteiger partial charge in [0.2, 0.25) is 0 Å². The predicted molar refractivity (Wildman–Crippen MR) is 48.3 cm³/mol. The molecule has 84 valence electrons. The number of carbonyl (C=O) groups excluding carboxylic acids is 1. The number of nitrogens with zero attached hydrogens (tertiary/aromatic N) is 1. The predicted octanol–water partition coefficient (Wildman–Crippen LogP) is -0.913. The molecule has 2 aliphatic heterocycles. The van der Waals surface area contributed by atoms with E-state index in [0.29, 0.717) is 18.7 Å². The van der Waals surface area contributed by atoms with Crippen molar-refractivity contribution in [1.82, 2.24) is 4.90 Å². The standard InChI is InChI=1S/C9H13NO5/c11-8(12)9(13)14-2-1-10-4-7-3-6(10)5-15-7/h6-7H,1-5H2,(H,11,12)/t6-,7-/m0/s1. The van der Waals surface area contributed by atoms with Crippen molar-refractivity contribution in [1.29, 1.82) is 0 Å². The van der Waals surface area contributed by atoms with E-state index in [4.69, 9.17) is 9.84 Å². The molecule has 1 N–H and O–H groups in total. The van der Waals surface area contributed by atoms with E-state index in [1.165, 1.54) is 0 Å². The number of aliphatic carboxylic acids is 1. The van der Waals surface area contributed by atoms with Gasteiger partial charge in [-0.05, 0) is 6.42 Å². The molecule has 2 aliphatic rings. The number of hydrogen-bond donors (Lipinski definition) is 1. The molecule has 0 aromatic heterocycles. The van der Waals surface area contributed by atoms with Gasteiger partial charge in [0.25, 0.3) is 0 Å². The highest BCUT2D eigenvalue weighted by molar-refractivity contribution is 6.28. The number of morpholine rings is 1. The molecule has 15 heavy (non-hydrogen) atoms. The van der Waals surface area contributed by atoms with Gasteiger partial charge < -0.3 is 14.6 Å². The fourth-order valence-corrected chi connectivity index (χ4v) is 2.07. The second-order valence-corrected chi connectivity index (χ2v) is 3.78. The van der Waals surface area contributed by atoms with Crippen LogP contribution in [0.3, 0.4) is 0 Å². The molecule has 2 rings (SSSR count). The summed E-state index contributed by atoms with van der Waals surface area (Å²) < 4.78 is 9.96. The van der Waals surface area contributed by atoms with Crippen molar-refractivity contribution < 1.29 is 24.2 Å². The normalized spacial score (nSPS) is 29.3. The molecule has 0 aromatic rings. The van der Waals surface area contributed by atoms with E-state index >= 15 is 0 Å². The van der Waals surface area contributed by atoms with Crippen molar-refractivity contribution >= 4 is 11.9 Å². The van der Waals surface area contributed by atoms with Gasteiger partial charge in [-0.3, -0.25) is 4.90 Å². The lowest BCUT2D eigenvalue weighted by Crippen LogP contribution is -2.39. The Morgan fingerprint density at radius 3 is 2.87 bits per heavy atom. The number of likely N-dealkylation sites (tertiary alicyclic amines) is 1. The summed E-state index contributed by atoms with van der Waals surface area (Å²) in [5, 5.41) is 8.27. The zero-order valence-corrected chi connectivity index (χ0v) is 8.22. The van der Waals surface area contributed by atoms with Crippen molar-refractivity contribution in [3.63, 3.8) is 0 Å². The number of carbonyl (C=O) groups is 2. The van der Waals surface area contributed by atoms with Gasteiger partial charge in [0, 0.05) is 19.1 Å². The molecule has 2 atom stereocenters. The van der Waals surface area contributed by atoms with Gasteiger partial charge in [0.05, 0.1) is 12.7 Å². The lowest BCUT2D eigenvalue weighted by molar-refractivity contribution is -0.164. The zero-order valence-electron chi connectivity index (χ0n) is 8.22.